The summed E-state index contributed by atoms with van der Waals surface area (Å²) in [6.07, 6.45) is 2.94. The van der Waals surface area contributed by atoms with Gasteiger partial charge in [0.25, 0.3) is 0 Å². The van der Waals surface area contributed by atoms with Crippen LogP contribution in [0.15, 0.2) is 162 Å². The molecule has 0 aliphatic heterocycles. The Hall–Kier alpha value is -5.92. The maximum absolute atomic E-state index is 9.78. The molecule has 1 heterocycles. The Morgan fingerprint density at radius 3 is 1.59 bits per heavy atom. The van der Waals surface area contributed by atoms with Gasteiger partial charge in [-0.15, -0.1) is 0 Å². The lowest BCUT2D eigenvalue weighted by molar-refractivity contribution is 0.433. The molecule has 262 valence electrons. The summed E-state index contributed by atoms with van der Waals surface area (Å²) in [7, 11) is 0. The van der Waals surface area contributed by atoms with Crippen LogP contribution in [0.25, 0.3) is 88.0 Å². The first-order valence-electron chi connectivity index (χ1n) is 22.8. The molecule has 0 saturated carbocycles. The maximum Gasteiger partial charge on any atom is 0.136 e. The summed E-state index contributed by atoms with van der Waals surface area (Å²) in [5.74, 6) is 0. The van der Waals surface area contributed by atoms with Crippen LogP contribution in [-0.4, -0.2) is 0 Å². The van der Waals surface area contributed by atoms with Gasteiger partial charge < -0.3 is 4.42 Å². The second-order valence-electron chi connectivity index (χ2n) is 16.0. The Balaban J connectivity index is 1.44. The van der Waals surface area contributed by atoms with Crippen molar-refractivity contribution in [3.05, 3.63) is 169 Å². The fourth-order valence-corrected chi connectivity index (χ4v) is 9.03. The normalized spacial score (nSPS) is 17.2. The molecular formula is C53H44O. The molecule has 10 rings (SSSR count). The van der Waals surface area contributed by atoms with Gasteiger partial charge >= 0.3 is 0 Å². The number of benzene rings is 8. The SMILES string of the molecule is [2H]c1c([2H])c([2H])c2c(-c3cccc4oc5cc(-c6ccccc6)ccc5c34)c3c([2H])c([2H])c([2H])c([2H])c3c(-c3cc4c(cc3-c3ccccc3)C(C)(C)CCCC4(C)C)c2c1[2H]. The zero-order valence-corrected chi connectivity index (χ0v) is 30.9. The molecule has 1 nitrogen and oxygen atoms in total. The van der Waals surface area contributed by atoms with Gasteiger partial charge in [0.15, 0.2) is 0 Å². The fourth-order valence-electron chi connectivity index (χ4n) is 9.03. The quantitative estimate of drug-likeness (QED) is 0.131. The van der Waals surface area contributed by atoms with Crippen molar-refractivity contribution in [2.75, 3.05) is 0 Å². The number of hydrogen-bond acceptors (Lipinski definition) is 1. The first kappa shape index (κ1) is 25.2. The van der Waals surface area contributed by atoms with Gasteiger partial charge in [0.2, 0.25) is 0 Å². The molecule has 0 unspecified atom stereocenters. The van der Waals surface area contributed by atoms with Gasteiger partial charge in [-0.1, -0.05) is 161 Å². The van der Waals surface area contributed by atoms with E-state index in [2.05, 4.69) is 39.8 Å². The molecule has 0 atom stereocenters. The average Bonchev–Trinajstić information content (AvgIpc) is 3.62. The minimum atomic E-state index is -0.431. The van der Waals surface area contributed by atoms with E-state index < -0.39 is 24.2 Å². The zero-order chi connectivity index (χ0) is 43.6. The van der Waals surface area contributed by atoms with E-state index in [-0.39, 0.29) is 56.5 Å². The molecular weight excluding hydrogens is 653 g/mol. The predicted molar refractivity (Wildman–Crippen MR) is 230 cm³/mol. The summed E-state index contributed by atoms with van der Waals surface area (Å²) < 4.78 is 82.1. The Morgan fingerprint density at radius 1 is 0.463 bits per heavy atom. The second kappa shape index (κ2) is 12.3. The van der Waals surface area contributed by atoms with Crippen molar-refractivity contribution < 1.29 is 15.4 Å². The van der Waals surface area contributed by atoms with E-state index in [1.54, 1.807) is 0 Å². The van der Waals surface area contributed by atoms with Crippen LogP contribution in [-0.2, 0) is 10.8 Å². The van der Waals surface area contributed by atoms with Gasteiger partial charge in [-0.25, -0.2) is 0 Å². The van der Waals surface area contributed by atoms with Gasteiger partial charge in [-0.2, -0.15) is 0 Å². The number of furan rings is 1. The third-order valence-electron chi connectivity index (χ3n) is 11.8. The van der Waals surface area contributed by atoms with Gasteiger partial charge in [0.05, 0.1) is 11.0 Å². The minimum Gasteiger partial charge on any atom is -0.456 e. The first-order valence-corrected chi connectivity index (χ1v) is 18.8. The third-order valence-corrected chi connectivity index (χ3v) is 11.8. The largest absolute Gasteiger partial charge is 0.456 e. The first-order chi connectivity index (χ1) is 29.6. The smallest absolute Gasteiger partial charge is 0.136 e. The minimum absolute atomic E-state index is 0.180. The Labute approximate surface area is 329 Å². The summed E-state index contributed by atoms with van der Waals surface area (Å²) >= 11 is 0. The average molecular weight is 705 g/mol. The summed E-state index contributed by atoms with van der Waals surface area (Å²) in [5.41, 5.74) is 8.57. The molecule has 0 saturated heterocycles. The predicted octanol–water partition coefficient (Wildman–Crippen LogP) is 15.3. The molecule has 0 amide bonds. The highest BCUT2D eigenvalue weighted by molar-refractivity contribution is 6.26. The molecule has 1 heteroatoms. The summed E-state index contributed by atoms with van der Waals surface area (Å²) in [6, 6.07) is 33.0. The highest BCUT2D eigenvalue weighted by atomic mass is 16.3. The van der Waals surface area contributed by atoms with Crippen molar-refractivity contribution in [1.82, 2.24) is 0 Å². The van der Waals surface area contributed by atoms with Gasteiger partial charge in [-0.3, -0.25) is 0 Å². The van der Waals surface area contributed by atoms with Crippen LogP contribution in [0.5, 0.6) is 0 Å². The number of hydrogen-bond donors (Lipinski definition) is 0. The van der Waals surface area contributed by atoms with E-state index in [0.717, 1.165) is 52.5 Å². The lowest BCUT2D eigenvalue weighted by Gasteiger charge is -2.32. The molecule has 1 aromatic heterocycles. The summed E-state index contributed by atoms with van der Waals surface area (Å²) in [6.45, 7) is 9.04. The highest BCUT2D eigenvalue weighted by Gasteiger charge is 2.36. The summed E-state index contributed by atoms with van der Waals surface area (Å²) in [4.78, 5) is 0. The van der Waals surface area contributed by atoms with Gasteiger partial charge in [-0.05, 0) is 131 Å². The van der Waals surface area contributed by atoms with Crippen molar-refractivity contribution in [2.24, 2.45) is 0 Å². The van der Waals surface area contributed by atoms with Crippen LogP contribution in [0.4, 0.5) is 0 Å². The van der Waals surface area contributed by atoms with Gasteiger partial charge in [0, 0.05) is 10.8 Å². The molecule has 0 bridgehead atoms. The maximum atomic E-state index is 9.78. The van der Waals surface area contributed by atoms with Crippen molar-refractivity contribution >= 4 is 43.5 Å². The number of fused-ring (bicyclic) bond motifs is 6. The van der Waals surface area contributed by atoms with Crippen molar-refractivity contribution in [2.45, 2.75) is 57.8 Å². The van der Waals surface area contributed by atoms with Crippen molar-refractivity contribution in [3.8, 4) is 44.5 Å². The fraction of sp³-hybridized carbons (Fsp3) is 0.170. The number of rotatable bonds is 4. The lowest BCUT2D eigenvalue weighted by atomic mass is 9.72. The molecule has 0 N–H and O–H groups in total. The molecule has 0 radical (unpaired) electrons. The third kappa shape index (κ3) is 5.13. The van der Waals surface area contributed by atoms with Crippen LogP contribution < -0.4 is 0 Å². The monoisotopic (exact) mass is 704 g/mol. The Morgan fingerprint density at radius 2 is 1.00 bits per heavy atom. The molecule has 9 aromatic rings. The van der Waals surface area contributed by atoms with Crippen LogP contribution in [0.3, 0.4) is 0 Å². The van der Waals surface area contributed by atoms with Gasteiger partial charge in [0.1, 0.15) is 11.2 Å². The lowest BCUT2D eigenvalue weighted by Crippen LogP contribution is -2.22. The topological polar surface area (TPSA) is 13.1 Å². The molecule has 8 aromatic carbocycles. The summed E-state index contributed by atoms with van der Waals surface area (Å²) in [5, 5.41) is 2.20. The second-order valence-corrected chi connectivity index (χ2v) is 16.0. The molecule has 54 heavy (non-hydrogen) atoms. The molecule has 0 fully saturated rings. The zero-order valence-electron chi connectivity index (χ0n) is 38.9. The van der Waals surface area contributed by atoms with E-state index in [1.807, 2.05) is 97.1 Å². The van der Waals surface area contributed by atoms with Crippen LogP contribution in [0.2, 0.25) is 0 Å². The Kier molecular flexibility index (Phi) is 5.74. The van der Waals surface area contributed by atoms with Crippen LogP contribution in [0, 0.1) is 0 Å². The van der Waals surface area contributed by atoms with Crippen molar-refractivity contribution in [1.29, 1.82) is 0 Å². The van der Waals surface area contributed by atoms with Crippen LogP contribution >= 0.6 is 0 Å². The molecule has 1 aliphatic rings. The van der Waals surface area contributed by atoms with E-state index in [0.29, 0.717) is 38.8 Å². The van der Waals surface area contributed by atoms with E-state index in [4.69, 9.17) is 9.90 Å². The molecule has 1 aliphatic carbocycles. The van der Waals surface area contributed by atoms with Crippen molar-refractivity contribution in [3.63, 3.8) is 0 Å². The van der Waals surface area contributed by atoms with E-state index in [1.165, 1.54) is 5.56 Å². The Bertz CT molecular complexity index is 3270. The molecule has 0 spiro atoms. The highest BCUT2D eigenvalue weighted by Crippen LogP contribution is 2.52. The standard InChI is InChI=1S/C53H44O/c1-52(2)29-16-30-53(3,4)46-33-44(43(32-45(46)52)35-19-9-6-10-20-35)50-39-23-13-11-21-37(39)49(38-22-12-14-24-40(38)50)42-25-15-26-47-51(42)41-28-27-36(31-48(41)54-47)34-17-7-5-8-18-34/h5-15,17-28,31-33H,16,29-30H2,1-4H3/i11D,12D,13D,14D,21D,22D,23D,24D. The van der Waals surface area contributed by atoms with E-state index >= 15 is 0 Å². The van der Waals surface area contributed by atoms with Crippen LogP contribution in [0.1, 0.15) is 69.1 Å². The van der Waals surface area contributed by atoms with E-state index in [9.17, 15) is 5.48 Å².